The van der Waals surface area contributed by atoms with Gasteiger partial charge < -0.3 is 4.98 Å². The first-order chi connectivity index (χ1) is 6.58. The predicted octanol–water partition coefficient (Wildman–Crippen LogP) is 3.04. The van der Waals surface area contributed by atoms with Gasteiger partial charge in [-0.3, -0.25) is 0 Å². The highest BCUT2D eigenvalue weighted by molar-refractivity contribution is 6.34. The fraction of sp³-hybridized carbons (Fsp3) is 0.400. The van der Waals surface area contributed by atoms with Gasteiger partial charge in [0.1, 0.15) is 11.3 Å². The number of aromatic amines is 1. The molecule has 0 spiro atoms. The van der Waals surface area contributed by atoms with Gasteiger partial charge in [-0.15, -0.1) is 0 Å². The van der Waals surface area contributed by atoms with Crippen LogP contribution in [0.1, 0.15) is 31.3 Å². The van der Waals surface area contributed by atoms with Gasteiger partial charge in [0.05, 0.1) is 5.02 Å². The fourth-order valence-electron chi connectivity index (χ4n) is 1.36. The third-order valence-corrected chi connectivity index (χ3v) is 2.39. The Labute approximate surface area is 87.5 Å². The van der Waals surface area contributed by atoms with Gasteiger partial charge in [0.2, 0.25) is 0 Å². The molecule has 0 aliphatic carbocycles. The van der Waals surface area contributed by atoms with E-state index in [0.717, 1.165) is 22.7 Å². The van der Waals surface area contributed by atoms with Crippen molar-refractivity contribution in [2.24, 2.45) is 0 Å². The molecule has 0 aliphatic rings. The van der Waals surface area contributed by atoms with Crippen LogP contribution in [0.15, 0.2) is 6.07 Å². The second kappa shape index (κ2) is 3.24. The summed E-state index contributed by atoms with van der Waals surface area (Å²) in [5, 5.41) is 0.663. The summed E-state index contributed by atoms with van der Waals surface area (Å²) in [7, 11) is 0. The first-order valence-electron chi connectivity index (χ1n) is 4.60. The molecule has 0 amide bonds. The summed E-state index contributed by atoms with van der Waals surface area (Å²) in [5.41, 5.74) is 2.45. The number of rotatable bonds is 1. The fourth-order valence-corrected chi connectivity index (χ4v) is 1.65. The van der Waals surface area contributed by atoms with Crippen LogP contribution in [0.5, 0.6) is 0 Å². The van der Waals surface area contributed by atoms with Crippen molar-refractivity contribution in [1.82, 2.24) is 15.0 Å². The lowest BCUT2D eigenvalue weighted by atomic mass is 10.2. The van der Waals surface area contributed by atoms with E-state index in [9.17, 15) is 0 Å². The highest BCUT2D eigenvalue weighted by Gasteiger charge is 2.10. The number of hydrogen-bond acceptors (Lipinski definition) is 2. The first kappa shape index (κ1) is 9.46. The van der Waals surface area contributed by atoms with Crippen molar-refractivity contribution < 1.29 is 0 Å². The summed E-state index contributed by atoms with van der Waals surface area (Å²) in [6.45, 7) is 6.08. The molecule has 2 aromatic heterocycles. The van der Waals surface area contributed by atoms with E-state index in [1.165, 1.54) is 0 Å². The van der Waals surface area contributed by atoms with Crippen LogP contribution in [0.2, 0.25) is 5.02 Å². The second-order valence-electron chi connectivity index (χ2n) is 3.72. The molecular formula is C10H12ClN3. The zero-order valence-electron chi connectivity index (χ0n) is 8.43. The Balaban J connectivity index is 2.70. The average molecular weight is 210 g/mol. The zero-order chi connectivity index (χ0) is 10.3. The lowest BCUT2D eigenvalue weighted by Crippen LogP contribution is -1.88. The van der Waals surface area contributed by atoms with Crippen molar-refractivity contribution in [3.05, 3.63) is 22.6 Å². The van der Waals surface area contributed by atoms with E-state index >= 15 is 0 Å². The van der Waals surface area contributed by atoms with E-state index in [1.807, 2.05) is 13.0 Å². The number of aryl methyl sites for hydroxylation is 1. The monoisotopic (exact) mass is 209 g/mol. The molecule has 4 heteroatoms. The number of halogens is 1. The van der Waals surface area contributed by atoms with Crippen molar-refractivity contribution in [3.8, 4) is 0 Å². The standard InChI is InChI=1S/C10H12ClN3/c1-5(2)9-13-8-7(11)4-6(3)12-10(8)14-9/h4-5H,1-3H3,(H,12,13,14). The summed E-state index contributed by atoms with van der Waals surface area (Å²) < 4.78 is 0. The van der Waals surface area contributed by atoms with Gasteiger partial charge in [-0.2, -0.15) is 0 Å². The van der Waals surface area contributed by atoms with Crippen molar-refractivity contribution in [2.75, 3.05) is 0 Å². The van der Waals surface area contributed by atoms with Gasteiger partial charge in [0.15, 0.2) is 5.65 Å². The Bertz CT molecular complexity index is 473. The van der Waals surface area contributed by atoms with Gasteiger partial charge in [0.25, 0.3) is 0 Å². The topological polar surface area (TPSA) is 41.6 Å². The van der Waals surface area contributed by atoms with E-state index in [1.54, 1.807) is 0 Å². The van der Waals surface area contributed by atoms with Gasteiger partial charge >= 0.3 is 0 Å². The molecule has 2 aromatic rings. The number of hydrogen-bond donors (Lipinski definition) is 1. The quantitative estimate of drug-likeness (QED) is 0.785. The number of nitrogens with one attached hydrogen (secondary N) is 1. The highest BCUT2D eigenvalue weighted by atomic mass is 35.5. The lowest BCUT2D eigenvalue weighted by molar-refractivity contribution is 0.798. The van der Waals surface area contributed by atoms with E-state index in [0.29, 0.717) is 10.9 Å². The molecule has 3 nitrogen and oxygen atoms in total. The SMILES string of the molecule is Cc1cc(Cl)c2nc(C(C)C)[nH]c2n1. The number of aromatic nitrogens is 3. The molecule has 0 bridgehead atoms. The molecule has 74 valence electrons. The molecule has 0 saturated carbocycles. The summed E-state index contributed by atoms with van der Waals surface area (Å²) in [6.07, 6.45) is 0. The van der Waals surface area contributed by atoms with Crippen molar-refractivity contribution in [3.63, 3.8) is 0 Å². The number of pyridine rings is 1. The van der Waals surface area contributed by atoms with Crippen molar-refractivity contribution >= 4 is 22.8 Å². The Morgan fingerprint density at radius 2 is 2.07 bits per heavy atom. The first-order valence-corrected chi connectivity index (χ1v) is 4.98. The molecule has 0 fully saturated rings. The van der Waals surface area contributed by atoms with Crippen LogP contribution in [0.3, 0.4) is 0 Å². The van der Waals surface area contributed by atoms with E-state index < -0.39 is 0 Å². The van der Waals surface area contributed by atoms with Gasteiger partial charge in [0, 0.05) is 11.6 Å². The molecule has 14 heavy (non-hydrogen) atoms. The van der Waals surface area contributed by atoms with E-state index in [-0.39, 0.29) is 0 Å². The van der Waals surface area contributed by atoms with Crippen molar-refractivity contribution in [2.45, 2.75) is 26.7 Å². The average Bonchev–Trinajstić information content (AvgIpc) is 2.47. The molecular weight excluding hydrogens is 198 g/mol. The third-order valence-electron chi connectivity index (χ3n) is 2.10. The molecule has 2 rings (SSSR count). The molecule has 2 heterocycles. The maximum absolute atomic E-state index is 6.06. The highest BCUT2D eigenvalue weighted by Crippen LogP contribution is 2.23. The Morgan fingerprint density at radius 3 is 2.71 bits per heavy atom. The number of imidazole rings is 1. The molecule has 0 aromatic carbocycles. The van der Waals surface area contributed by atoms with E-state index in [2.05, 4.69) is 28.8 Å². The summed E-state index contributed by atoms with van der Waals surface area (Å²) in [5.74, 6) is 1.29. The number of fused-ring (bicyclic) bond motifs is 1. The third kappa shape index (κ3) is 1.48. The van der Waals surface area contributed by atoms with Crippen LogP contribution in [0.4, 0.5) is 0 Å². The number of nitrogens with zero attached hydrogens (tertiary/aromatic N) is 2. The van der Waals surface area contributed by atoms with Crippen LogP contribution >= 0.6 is 11.6 Å². The van der Waals surface area contributed by atoms with Gasteiger partial charge in [-0.1, -0.05) is 25.4 Å². The molecule has 0 radical (unpaired) electrons. The maximum Gasteiger partial charge on any atom is 0.159 e. The van der Waals surface area contributed by atoms with Crippen LogP contribution in [0.25, 0.3) is 11.2 Å². The lowest BCUT2D eigenvalue weighted by Gasteiger charge is -1.95. The van der Waals surface area contributed by atoms with Crippen LogP contribution in [-0.2, 0) is 0 Å². The van der Waals surface area contributed by atoms with Crippen LogP contribution in [0, 0.1) is 6.92 Å². The molecule has 0 atom stereocenters. The molecule has 0 saturated heterocycles. The smallest absolute Gasteiger partial charge is 0.159 e. The molecule has 0 aliphatic heterocycles. The Morgan fingerprint density at radius 1 is 1.36 bits per heavy atom. The summed E-state index contributed by atoms with van der Waals surface area (Å²) in [4.78, 5) is 11.9. The van der Waals surface area contributed by atoms with Crippen molar-refractivity contribution in [1.29, 1.82) is 0 Å². The second-order valence-corrected chi connectivity index (χ2v) is 4.13. The summed E-state index contributed by atoms with van der Waals surface area (Å²) >= 11 is 6.06. The zero-order valence-corrected chi connectivity index (χ0v) is 9.18. The minimum atomic E-state index is 0.362. The summed E-state index contributed by atoms with van der Waals surface area (Å²) in [6, 6.07) is 1.83. The van der Waals surface area contributed by atoms with Gasteiger partial charge in [-0.25, -0.2) is 9.97 Å². The predicted molar refractivity (Wildman–Crippen MR) is 57.7 cm³/mol. The van der Waals surface area contributed by atoms with Crippen LogP contribution < -0.4 is 0 Å². The van der Waals surface area contributed by atoms with E-state index in [4.69, 9.17) is 11.6 Å². The van der Waals surface area contributed by atoms with Gasteiger partial charge in [-0.05, 0) is 13.0 Å². The largest absolute Gasteiger partial charge is 0.326 e. The Kier molecular flexibility index (Phi) is 2.19. The maximum atomic E-state index is 6.06. The number of H-pyrrole nitrogens is 1. The molecule has 1 N–H and O–H groups in total. The molecule has 0 unspecified atom stereocenters. The minimum Gasteiger partial charge on any atom is -0.326 e. The van der Waals surface area contributed by atoms with Crippen LogP contribution in [-0.4, -0.2) is 15.0 Å². The minimum absolute atomic E-state index is 0.362. The normalized spacial score (nSPS) is 11.5. The Hall–Kier alpha value is -1.09.